The van der Waals surface area contributed by atoms with Crippen LogP contribution in [0.25, 0.3) is 0 Å². The highest BCUT2D eigenvalue weighted by molar-refractivity contribution is 6.01. The lowest BCUT2D eigenvalue weighted by molar-refractivity contribution is -0.137. The maximum atomic E-state index is 13.7. The van der Waals surface area contributed by atoms with Gasteiger partial charge in [0.2, 0.25) is 5.91 Å². The number of carbonyl (C=O) groups is 2. The molecule has 0 spiro atoms. The minimum atomic E-state index is -0.502. The van der Waals surface area contributed by atoms with Crippen molar-refractivity contribution in [1.29, 1.82) is 0 Å². The first kappa shape index (κ1) is 18.6. The van der Waals surface area contributed by atoms with E-state index in [4.69, 9.17) is 0 Å². The molecule has 4 nitrogen and oxygen atoms in total. The molecular formula is C26H24N2O2. The van der Waals surface area contributed by atoms with Gasteiger partial charge in [0.25, 0.3) is 5.91 Å². The highest BCUT2D eigenvalue weighted by Gasteiger charge is 2.38. The summed E-state index contributed by atoms with van der Waals surface area (Å²) < 4.78 is 0. The fourth-order valence-electron chi connectivity index (χ4n) is 4.59. The molecule has 0 saturated heterocycles. The van der Waals surface area contributed by atoms with E-state index in [0.717, 1.165) is 17.5 Å². The zero-order valence-corrected chi connectivity index (χ0v) is 16.8. The van der Waals surface area contributed by atoms with Crippen molar-refractivity contribution in [3.05, 3.63) is 107 Å². The zero-order valence-electron chi connectivity index (χ0n) is 16.8. The highest BCUT2D eigenvalue weighted by Crippen LogP contribution is 2.28. The lowest BCUT2D eigenvalue weighted by Gasteiger charge is -2.35. The summed E-state index contributed by atoms with van der Waals surface area (Å²) >= 11 is 0. The summed E-state index contributed by atoms with van der Waals surface area (Å²) in [6.07, 6.45) is 1.38. The van der Waals surface area contributed by atoms with Crippen LogP contribution < -0.4 is 0 Å². The van der Waals surface area contributed by atoms with Crippen LogP contribution in [0.3, 0.4) is 0 Å². The molecule has 0 bridgehead atoms. The molecule has 0 aliphatic carbocycles. The lowest BCUT2D eigenvalue weighted by Crippen LogP contribution is -2.51. The second kappa shape index (κ2) is 7.79. The summed E-state index contributed by atoms with van der Waals surface area (Å²) in [7, 11) is 0. The fraction of sp³-hybridized carbons (Fsp3) is 0.231. The summed E-state index contributed by atoms with van der Waals surface area (Å²) in [4.78, 5) is 30.6. The molecule has 0 unspecified atom stereocenters. The third kappa shape index (κ3) is 3.39. The molecule has 2 heterocycles. The average molecular weight is 396 g/mol. The van der Waals surface area contributed by atoms with Gasteiger partial charge >= 0.3 is 0 Å². The Bertz CT molecular complexity index is 1090. The van der Waals surface area contributed by atoms with Gasteiger partial charge < -0.3 is 9.80 Å². The van der Waals surface area contributed by atoms with Crippen molar-refractivity contribution in [1.82, 2.24) is 9.80 Å². The van der Waals surface area contributed by atoms with Gasteiger partial charge in [0.15, 0.2) is 0 Å². The van der Waals surface area contributed by atoms with E-state index in [1.165, 1.54) is 11.1 Å². The number of fused-ring (bicyclic) bond motifs is 2. The molecule has 3 aromatic carbocycles. The van der Waals surface area contributed by atoms with E-state index in [9.17, 15) is 9.59 Å². The Morgan fingerprint density at radius 2 is 1.47 bits per heavy atom. The number of hydrogen-bond donors (Lipinski definition) is 0. The minimum Gasteiger partial charge on any atom is -0.336 e. The maximum Gasteiger partial charge on any atom is 0.255 e. The second-order valence-corrected chi connectivity index (χ2v) is 8.07. The normalized spacial score (nSPS) is 16.2. The first-order valence-electron chi connectivity index (χ1n) is 10.5. The van der Waals surface area contributed by atoms with Gasteiger partial charge in [0.05, 0.1) is 0 Å². The predicted molar refractivity (Wildman–Crippen MR) is 116 cm³/mol. The lowest BCUT2D eigenvalue weighted by atomic mass is 9.97. The quantitative estimate of drug-likeness (QED) is 0.672. The van der Waals surface area contributed by atoms with Crippen LogP contribution in [0.2, 0.25) is 0 Å². The SMILES string of the molecule is O=C([C@H](Cc1ccccc1)N1Cc2ccccc2C1=O)N1CCc2ccccc2C1. The summed E-state index contributed by atoms with van der Waals surface area (Å²) in [5, 5.41) is 0. The molecule has 5 rings (SSSR count). The van der Waals surface area contributed by atoms with Crippen LogP contribution in [0, 0.1) is 0 Å². The summed E-state index contributed by atoms with van der Waals surface area (Å²) in [5.41, 5.74) is 5.29. The molecule has 2 aliphatic heterocycles. The first-order valence-corrected chi connectivity index (χ1v) is 10.5. The van der Waals surface area contributed by atoms with Gasteiger partial charge in [-0.3, -0.25) is 9.59 Å². The van der Waals surface area contributed by atoms with Crippen LogP contribution in [0.15, 0.2) is 78.9 Å². The predicted octanol–water partition coefficient (Wildman–Crippen LogP) is 3.84. The molecule has 0 radical (unpaired) electrons. The largest absolute Gasteiger partial charge is 0.336 e. The second-order valence-electron chi connectivity index (χ2n) is 8.07. The average Bonchev–Trinajstić information content (AvgIpc) is 3.14. The van der Waals surface area contributed by atoms with Crippen LogP contribution in [-0.2, 0) is 30.7 Å². The van der Waals surface area contributed by atoms with Crippen molar-refractivity contribution in [3.8, 4) is 0 Å². The van der Waals surface area contributed by atoms with E-state index in [2.05, 4.69) is 18.2 Å². The molecule has 2 aliphatic rings. The van der Waals surface area contributed by atoms with Crippen molar-refractivity contribution in [2.24, 2.45) is 0 Å². The summed E-state index contributed by atoms with van der Waals surface area (Å²) in [6, 6.07) is 25.5. The van der Waals surface area contributed by atoms with Gasteiger partial charge in [-0.1, -0.05) is 72.8 Å². The molecule has 4 heteroatoms. The van der Waals surface area contributed by atoms with Crippen LogP contribution in [0.4, 0.5) is 0 Å². The van der Waals surface area contributed by atoms with Crippen LogP contribution in [0.1, 0.15) is 32.6 Å². The van der Waals surface area contributed by atoms with Gasteiger partial charge in [0, 0.05) is 31.6 Å². The molecule has 0 N–H and O–H groups in total. The number of rotatable bonds is 4. The van der Waals surface area contributed by atoms with Crippen LogP contribution in [-0.4, -0.2) is 34.2 Å². The number of carbonyl (C=O) groups excluding carboxylic acids is 2. The molecule has 30 heavy (non-hydrogen) atoms. The minimum absolute atomic E-state index is 0.0366. The van der Waals surface area contributed by atoms with Gasteiger partial charge in [-0.05, 0) is 34.7 Å². The van der Waals surface area contributed by atoms with Gasteiger partial charge in [-0.2, -0.15) is 0 Å². The smallest absolute Gasteiger partial charge is 0.255 e. The summed E-state index contributed by atoms with van der Waals surface area (Å²) in [5.74, 6) is -0.00759. The number of benzene rings is 3. The third-order valence-electron chi connectivity index (χ3n) is 6.22. The molecule has 1 atom stereocenters. The van der Waals surface area contributed by atoms with Crippen LogP contribution >= 0.6 is 0 Å². The third-order valence-corrected chi connectivity index (χ3v) is 6.22. The van der Waals surface area contributed by atoms with Crippen molar-refractivity contribution < 1.29 is 9.59 Å². The molecule has 150 valence electrons. The van der Waals surface area contributed by atoms with E-state index in [1.807, 2.05) is 65.6 Å². The van der Waals surface area contributed by atoms with E-state index < -0.39 is 6.04 Å². The van der Waals surface area contributed by atoms with Crippen molar-refractivity contribution in [3.63, 3.8) is 0 Å². The summed E-state index contributed by atoms with van der Waals surface area (Å²) in [6.45, 7) is 1.79. The van der Waals surface area contributed by atoms with Crippen molar-refractivity contribution in [2.75, 3.05) is 6.54 Å². The topological polar surface area (TPSA) is 40.6 Å². The van der Waals surface area contributed by atoms with Crippen molar-refractivity contribution in [2.45, 2.75) is 32.0 Å². The van der Waals surface area contributed by atoms with Crippen molar-refractivity contribution >= 4 is 11.8 Å². The standard InChI is InChI=1S/C26H24N2O2/c29-25-23-13-7-6-12-22(23)18-28(25)24(16-19-8-2-1-3-9-19)26(30)27-15-14-20-10-4-5-11-21(20)17-27/h1-13,24H,14-18H2/t24-/m0/s1. The Morgan fingerprint density at radius 1 is 0.800 bits per heavy atom. The molecule has 0 fully saturated rings. The van der Waals surface area contributed by atoms with Gasteiger partial charge in [-0.15, -0.1) is 0 Å². The fourth-order valence-corrected chi connectivity index (χ4v) is 4.59. The van der Waals surface area contributed by atoms with Gasteiger partial charge in [-0.25, -0.2) is 0 Å². The molecular weight excluding hydrogens is 372 g/mol. The Morgan fingerprint density at radius 3 is 2.23 bits per heavy atom. The Labute approximate surface area is 176 Å². The molecule has 0 aromatic heterocycles. The maximum absolute atomic E-state index is 13.7. The Balaban J connectivity index is 1.45. The van der Waals surface area contributed by atoms with E-state index in [0.29, 0.717) is 31.6 Å². The van der Waals surface area contributed by atoms with E-state index in [1.54, 1.807) is 4.90 Å². The van der Waals surface area contributed by atoms with Gasteiger partial charge in [0.1, 0.15) is 6.04 Å². The van der Waals surface area contributed by atoms with E-state index in [-0.39, 0.29) is 11.8 Å². The first-order chi connectivity index (χ1) is 14.7. The highest BCUT2D eigenvalue weighted by atomic mass is 16.2. The number of nitrogens with zero attached hydrogens (tertiary/aromatic N) is 2. The zero-order chi connectivity index (χ0) is 20.5. The molecule has 0 saturated carbocycles. The van der Waals surface area contributed by atoms with E-state index >= 15 is 0 Å². The van der Waals surface area contributed by atoms with Crippen LogP contribution in [0.5, 0.6) is 0 Å². The number of amides is 2. The Hall–Kier alpha value is -3.40. The number of hydrogen-bond acceptors (Lipinski definition) is 2. The molecule has 3 aromatic rings. The Kier molecular flexibility index (Phi) is 4.83. The molecule has 2 amide bonds. The monoisotopic (exact) mass is 396 g/mol.